The van der Waals surface area contributed by atoms with Gasteiger partial charge < -0.3 is 9.88 Å². The van der Waals surface area contributed by atoms with Gasteiger partial charge in [-0.2, -0.15) is 0 Å². The minimum atomic E-state index is 0.549. The predicted octanol–water partition coefficient (Wildman–Crippen LogP) is 3.84. The summed E-state index contributed by atoms with van der Waals surface area (Å²) in [5, 5.41) is 3.72. The molecule has 1 aliphatic carbocycles. The van der Waals surface area contributed by atoms with Crippen LogP contribution in [0.1, 0.15) is 36.4 Å². The lowest BCUT2D eigenvalue weighted by Gasteiger charge is -2.22. The van der Waals surface area contributed by atoms with Gasteiger partial charge in [0.15, 0.2) is 0 Å². The molecular weight excluding hydrogens is 314 g/mol. The standard InChI is InChI=1S/C16H20BrN3/c1-12-9-13(5-6-14(12)17)10-19-15-3-2-4-16(15)20-8-7-18-11-20/h5-9,11,15-16,19H,2-4,10H2,1H3. The van der Waals surface area contributed by atoms with Gasteiger partial charge in [0, 0.05) is 35.5 Å². The van der Waals surface area contributed by atoms with Gasteiger partial charge in [0.25, 0.3) is 0 Å². The highest BCUT2D eigenvalue weighted by molar-refractivity contribution is 9.10. The number of rotatable bonds is 4. The SMILES string of the molecule is Cc1cc(CNC2CCCC2n2ccnc2)ccc1Br. The van der Waals surface area contributed by atoms with Gasteiger partial charge in [-0.3, -0.25) is 0 Å². The van der Waals surface area contributed by atoms with Crippen LogP contribution in [0.2, 0.25) is 0 Å². The second-order valence-electron chi connectivity index (χ2n) is 5.58. The molecule has 1 aromatic carbocycles. The third-order valence-corrected chi connectivity index (χ3v) is 5.07. The summed E-state index contributed by atoms with van der Waals surface area (Å²) in [6.07, 6.45) is 9.67. The Kier molecular flexibility index (Phi) is 4.22. The second kappa shape index (κ2) is 6.10. The Morgan fingerprint density at radius 2 is 2.30 bits per heavy atom. The minimum absolute atomic E-state index is 0.549. The van der Waals surface area contributed by atoms with E-state index in [1.807, 2.05) is 12.5 Å². The van der Waals surface area contributed by atoms with Crippen LogP contribution in [0.3, 0.4) is 0 Å². The van der Waals surface area contributed by atoms with E-state index >= 15 is 0 Å². The lowest BCUT2D eigenvalue weighted by atomic mass is 10.1. The van der Waals surface area contributed by atoms with Gasteiger partial charge in [-0.15, -0.1) is 0 Å². The highest BCUT2D eigenvalue weighted by Crippen LogP contribution is 2.30. The topological polar surface area (TPSA) is 29.9 Å². The van der Waals surface area contributed by atoms with Gasteiger partial charge in [0.1, 0.15) is 0 Å². The zero-order chi connectivity index (χ0) is 13.9. The first-order valence-corrected chi connectivity index (χ1v) is 7.99. The average Bonchev–Trinajstić information content (AvgIpc) is 3.09. The van der Waals surface area contributed by atoms with Crippen LogP contribution in [0.4, 0.5) is 0 Å². The molecule has 106 valence electrons. The van der Waals surface area contributed by atoms with Crippen molar-refractivity contribution >= 4 is 15.9 Å². The molecule has 2 aromatic rings. The molecule has 1 saturated carbocycles. The molecule has 0 bridgehead atoms. The molecule has 0 spiro atoms. The van der Waals surface area contributed by atoms with Crippen molar-refractivity contribution in [3.63, 3.8) is 0 Å². The summed E-state index contributed by atoms with van der Waals surface area (Å²) in [4.78, 5) is 4.17. The molecule has 0 aliphatic heterocycles. The van der Waals surface area contributed by atoms with Crippen molar-refractivity contribution in [2.75, 3.05) is 0 Å². The van der Waals surface area contributed by atoms with Crippen molar-refractivity contribution in [2.45, 2.75) is 44.8 Å². The van der Waals surface area contributed by atoms with Crippen molar-refractivity contribution in [3.8, 4) is 0 Å². The van der Waals surface area contributed by atoms with E-state index in [-0.39, 0.29) is 0 Å². The van der Waals surface area contributed by atoms with Gasteiger partial charge in [-0.25, -0.2) is 4.98 Å². The molecule has 2 unspecified atom stereocenters. The summed E-state index contributed by atoms with van der Waals surface area (Å²) < 4.78 is 3.43. The lowest BCUT2D eigenvalue weighted by Crippen LogP contribution is -2.33. The van der Waals surface area contributed by atoms with Gasteiger partial charge in [-0.1, -0.05) is 28.1 Å². The zero-order valence-corrected chi connectivity index (χ0v) is 13.3. The van der Waals surface area contributed by atoms with Crippen molar-refractivity contribution < 1.29 is 0 Å². The van der Waals surface area contributed by atoms with Gasteiger partial charge in [0.2, 0.25) is 0 Å². The molecule has 1 heterocycles. The fraction of sp³-hybridized carbons (Fsp3) is 0.438. The van der Waals surface area contributed by atoms with E-state index in [9.17, 15) is 0 Å². The Morgan fingerprint density at radius 3 is 3.05 bits per heavy atom. The third kappa shape index (κ3) is 2.96. The van der Waals surface area contributed by atoms with Crippen molar-refractivity contribution in [2.24, 2.45) is 0 Å². The van der Waals surface area contributed by atoms with Gasteiger partial charge in [-0.05, 0) is 43.4 Å². The summed E-state index contributed by atoms with van der Waals surface area (Å²) >= 11 is 3.55. The molecule has 1 aromatic heterocycles. The molecule has 3 rings (SSSR count). The molecule has 1 N–H and O–H groups in total. The number of nitrogens with one attached hydrogen (secondary N) is 1. The maximum absolute atomic E-state index is 4.17. The van der Waals surface area contributed by atoms with Crippen LogP contribution in [-0.2, 0) is 6.54 Å². The minimum Gasteiger partial charge on any atom is -0.333 e. The smallest absolute Gasteiger partial charge is 0.0949 e. The van der Waals surface area contributed by atoms with Crippen LogP contribution >= 0.6 is 15.9 Å². The van der Waals surface area contributed by atoms with Crippen LogP contribution in [-0.4, -0.2) is 15.6 Å². The number of imidazole rings is 1. The number of benzene rings is 1. The summed E-state index contributed by atoms with van der Waals surface area (Å²) in [5.41, 5.74) is 2.64. The monoisotopic (exact) mass is 333 g/mol. The van der Waals surface area contributed by atoms with Gasteiger partial charge >= 0.3 is 0 Å². The average molecular weight is 334 g/mol. The number of aryl methyl sites for hydroxylation is 1. The number of hydrogen-bond acceptors (Lipinski definition) is 2. The van der Waals surface area contributed by atoms with Gasteiger partial charge in [0.05, 0.1) is 6.33 Å². The van der Waals surface area contributed by atoms with E-state index < -0.39 is 0 Å². The molecule has 0 radical (unpaired) electrons. The van der Waals surface area contributed by atoms with Crippen LogP contribution < -0.4 is 5.32 Å². The lowest BCUT2D eigenvalue weighted by molar-refractivity contribution is 0.390. The van der Waals surface area contributed by atoms with Crippen LogP contribution in [0.15, 0.2) is 41.4 Å². The molecule has 0 amide bonds. The molecule has 3 nitrogen and oxygen atoms in total. The molecule has 4 heteroatoms. The fourth-order valence-electron chi connectivity index (χ4n) is 3.07. The number of halogens is 1. The first-order valence-electron chi connectivity index (χ1n) is 7.20. The molecule has 2 atom stereocenters. The van der Waals surface area contributed by atoms with E-state index in [1.165, 1.54) is 34.9 Å². The van der Waals surface area contributed by atoms with Crippen LogP contribution in [0.25, 0.3) is 0 Å². The quantitative estimate of drug-likeness (QED) is 0.921. The normalized spacial score (nSPS) is 22.3. The zero-order valence-electron chi connectivity index (χ0n) is 11.7. The Morgan fingerprint density at radius 1 is 1.40 bits per heavy atom. The summed E-state index contributed by atoms with van der Waals surface area (Å²) in [6.45, 7) is 3.07. The van der Waals surface area contributed by atoms with Crippen molar-refractivity contribution in [1.82, 2.24) is 14.9 Å². The van der Waals surface area contributed by atoms with Crippen LogP contribution in [0.5, 0.6) is 0 Å². The van der Waals surface area contributed by atoms with E-state index in [0.29, 0.717) is 12.1 Å². The maximum atomic E-state index is 4.17. The first kappa shape index (κ1) is 13.8. The fourth-order valence-corrected chi connectivity index (χ4v) is 3.31. The Hall–Kier alpha value is -1.13. The van der Waals surface area contributed by atoms with E-state index in [0.717, 1.165) is 6.54 Å². The number of aromatic nitrogens is 2. The first-order chi connectivity index (χ1) is 9.74. The second-order valence-corrected chi connectivity index (χ2v) is 6.43. The van der Waals surface area contributed by atoms with E-state index in [4.69, 9.17) is 0 Å². The molecule has 1 fully saturated rings. The number of nitrogens with zero attached hydrogens (tertiary/aromatic N) is 2. The molecule has 0 saturated heterocycles. The highest BCUT2D eigenvalue weighted by atomic mass is 79.9. The Balaban J connectivity index is 1.64. The maximum Gasteiger partial charge on any atom is 0.0949 e. The van der Waals surface area contributed by atoms with Crippen LogP contribution in [0, 0.1) is 6.92 Å². The van der Waals surface area contributed by atoms with E-state index in [2.05, 4.69) is 62.1 Å². The predicted molar refractivity (Wildman–Crippen MR) is 84.6 cm³/mol. The summed E-state index contributed by atoms with van der Waals surface area (Å²) in [5.74, 6) is 0. The number of hydrogen-bond donors (Lipinski definition) is 1. The van der Waals surface area contributed by atoms with Crippen molar-refractivity contribution in [1.29, 1.82) is 0 Å². The summed E-state index contributed by atoms with van der Waals surface area (Å²) in [7, 11) is 0. The van der Waals surface area contributed by atoms with Crippen molar-refractivity contribution in [3.05, 3.63) is 52.5 Å². The third-order valence-electron chi connectivity index (χ3n) is 4.18. The highest BCUT2D eigenvalue weighted by Gasteiger charge is 2.27. The molecule has 1 aliphatic rings. The molecule has 20 heavy (non-hydrogen) atoms. The largest absolute Gasteiger partial charge is 0.333 e. The Bertz CT molecular complexity index is 565. The summed E-state index contributed by atoms with van der Waals surface area (Å²) in [6, 6.07) is 7.67. The Labute approximate surface area is 128 Å². The van der Waals surface area contributed by atoms with E-state index in [1.54, 1.807) is 0 Å². The molecular formula is C16H20BrN3.